The zero-order chi connectivity index (χ0) is 6.69. The molecule has 0 atom stereocenters. The van der Waals surface area contributed by atoms with E-state index < -0.39 is 0 Å². The van der Waals surface area contributed by atoms with Gasteiger partial charge in [0.15, 0.2) is 0 Å². The third kappa shape index (κ3) is 1.29. The lowest BCUT2D eigenvalue weighted by Gasteiger charge is -1.89. The number of rotatable bonds is 1. The van der Waals surface area contributed by atoms with E-state index in [9.17, 15) is 4.79 Å². The van der Waals surface area contributed by atoms with E-state index in [4.69, 9.17) is 5.73 Å². The Hall–Kier alpha value is -1.31. The number of amides is 1. The molecule has 46 valence electrons. The maximum atomic E-state index is 10.4. The fourth-order valence-corrected chi connectivity index (χ4v) is 0.602. The number of benzene rings is 1. The Balaban J connectivity index is 2.98. The summed E-state index contributed by atoms with van der Waals surface area (Å²) in [7, 11) is 0. The van der Waals surface area contributed by atoms with Crippen LogP contribution in [0.15, 0.2) is 30.3 Å². The van der Waals surface area contributed by atoms with Gasteiger partial charge in [-0.25, -0.2) is 0 Å². The van der Waals surface area contributed by atoms with Crippen molar-refractivity contribution in [3.63, 3.8) is 0 Å². The van der Waals surface area contributed by atoms with E-state index >= 15 is 0 Å². The van der Waals surface area contributed by atoms with E-state index in [1.807, 2.05) is 6.07 Å². The Morgan fingerprint density at radius 1 is 1.22 bits per heavy atom. The SMILES string of the molecule is NC(=O)[13c]1ccccc1. The molecule has 0 aliphatic heterocycles. The number of hydrogen-bond donors (Lipinski definition) is 1. The molecule has 0 aliphatic carbocycles. The topological polar surface area (TPSA) is 43.1 Å². The summed E-state index contributed by atoms with van der Waals surface area (Å²) in [5.74, 6) is -0.379. The molecule has 0 aromatic heterocycles. The molecule has 0 bridgehead atoms. The third-order valence-electron chi connectivity index (χ3n) is 1.06. The summed E-state index contributed by atoms with van der Waals surface area (Å²) >= 11 is 0. The van der Waals surface area contributed by atoms with Crippen LogP contribution in [0.4, 0.5) is 0 Å². The summed E-state index contributed by atoms with van der Waals surface area (Å²) in [6.45, 7) is 0. The molecule has 0 fully saturated rings. The highest BCUT2D eigenvalue weighted by Crippen LogP contribution is 1.94. The molecule has 0 unspecified atom stereocenters. The maximum absolute atomic E-state index is 10.4. The first-order chi connectivity index (χ1) is 4.30. The van der Waals surface area contributed by atoms with Crippen LogP contribution >= 0.6 is 0 Å². The Morgan fingerprint density at radius 2 is 1.78 bits per heavy atom. The highest BCUT2D eigenvalue weighted by atomic mass is 16.2. The van der Waals surface area contributed by atoms with Gasteiger partial charge in [0.1, 0.15) is 0 Å². The van der Waals surface area contributed by atoms with Crippen molar-refractivity contribution < 1.29 is 4.79 Å². The molecule has 0 heterocycles. The van der Waals surface area contributed by atoms with Crippen LogP contribution in [0.3, 0.4) is 0 Å². The van der Waals surface area contributed by atoms with Gasteiger partial charge in [0.05, 0.1) is 0 Å². The molecule has 1 aromatic carbocycles. The Bertz CT molecular complexity index is 205. The Labute approximate surface area is 53.3 Å². The molecule has 2 nitrogen and oxygen atoms in total. The fourth-order valence-electron chi connectivity index (χ4n) is 0.602. The van der Waals surface area contributed by atoms with Crippen LogP contribution in [0.25, 0.3) is 0 Å². The first-order valence-electron chi connectivity index (χ1n) is 2.65. The van der Waals surface area contributed by atoms with Crippen molar-refractivity contribution in [1.29, 1.82) is 0 Å². The van der Waals surface area contributed by atoms with Gasteiger partial charge < -0.3 is 5.73 Å². The minimum Gasteiger partial charge on any atom is -0.366 e. The summed E-state index contributed by atoms with van der Waals surface area (Å²) in [6.07, 6.45) is 0. The molecule has 1 aromatic rings. The van der Waals surface area contributed by atoms with Gasteiger partial charge in [0, 0.05) is 5.56 Å². The zero-order valence-electron chi connectivity index (χ0n) is 4.87. The van der Waals surface area contributed by atoms with E-state index in [-0.39, 0.29) is 5.91 Å². The molecule has 0 saturated heterocycles. The average molecular weight is 122 g/mol. The highest BCUT2D eigenvalue weighted by molar-refractivity contribution is 5.92. The lowest BCUT2D eigenvalue weighted by atomic mass is 10.4. The first kappa shape index (κ1) is 5.82. The van der Waals surface area contributed by atoms with Crippen LogP contribution in [0, 0.1) is 0 Å². The van der Waals surface area contributed by atoms with Gasteiger partial charge in [0.2, 0.25) is 5.91 Å². The van der Waals surface area contributed by atoms with Gasteiger partial charge in [-0.1, -0.05) is 18.2 Å². The van der Waals surface area contributed by atoms with Crippen molar-refractivity contribution in [2.75, 3.05) is 0 Å². The van der Waals surface area contributed by atoms with E-state index in [2.05, 4.69) is 0 Å². The van der Waals surface area contributed by atoms with Crippen molar-refractivity contribution in [1.82, 2.24) is 0 Å². The summed E-state index contributed by atoms with van der Waals surface area (Å²) in [5, 5.41) is 0. The van der Waals surface area contributed by atoms with Crippen molar-refractivity contribution in [2.45, 2.75) is 0 Å². The van der Waals surface area contributed by atoms with Crippen molar-refractivity contribution in [3.05, 3.63) is 35.9 Å². The van der Waals surface area contributed by atoms with Crippen molar-refractivity contribution in [2.24, 2.45) is 5.73 Å². The average Bonchev–Trinajstić information content (AvgIpc) is 1.90. The van der Waals surface area contributed by atoms with Crippen LogP contribution in [-0.2, 0) is 0 Å². The largest absolute Gasteiger partial charge is 0.366 e. The fraction of sp³-hybridized carbons (Fsp3) is 0. The minimum absolute atomic E-state index is 0.379. The van der Waals surface area contributed by atoms with Crippen molar-refractivity contribution in [3.8, 4) is 0 Å². The smallest absolute Gasteiger partial charge is 0.248 e. The normalized spacial score (nSPS) is 8.89. The minimum atomic E-state index is -0.379. The first-order valence-corrected chi connectivity index (χ1v) is 2.65. The number of carbonyl (C=O) groups excluding carboxylic acids is 1. The molecule has 0 spiro atoms. The van der Waals surface area contributed by atoms with Crippen LogP contribution < -0.4 is 5.73 Å². The predicted molar refractivity (Wildman–Crippen MR) is 35.0 cm³/mol. The molecule has 0 radical (unpaired) electrons. The van der Waals surface area contributed by atoms with Crippen molar-refractivity contribution >= 4 is 5.91 Å². The van der Waals surface area contributed by atoms with Crippen LogP contribution in [0.5, 0.6) is 0 Å². The quantitative estimate of drug-likeness (QED) is 0.587. The molecule has 2 heteroatoms. The zero-order valence-corrected chi connectivity index (χ0v) is 4.87. The highest BCUT2D eigenvalue weighted by Gasteiger charge is 1.93. The van der Waals surface area contributed by atoms with Crippen LogP contribution in [0.2, 0.25) is 0 Å². The van der Waals surface area contributed by atoms with Gasteiger partial charge in [-0.15, -0.1) is 0 Å². The molecule has 9 heavy (non-hydrogen) atoms. The van der Waals surface area contributed by atoms with E-state index in [1.54, 1.807) is 24.3 Å². The maximum Gasteiger partial charge on any atom is 0.248 e. The molecule has 2 N–H and O–H groups in total. The summed E-state index contributed by atoms with van der Waals surface area (Å²) in [6, 6.07) is 8.76. The number of hydrogen-bond acceptors (Lipinski definition) is 1. The lowest BCUT2D eigenvalue weighted by molar-refractivity contribution is 0.100. The van der Waals surface area contributed by atoms with Gasteiger partial charge in [-0.2, -0.15) is 0 Å². The lowest BCUT2D eigenvalue weighted by Crippen LogP contribution is -2.09. The Morgan fingerprint density at radius 3 is 2.11 bits per heavy atom. The number of nitrogens with two attached hydrogens (primary N) is 1. The van der Waals surface area contributed by atoms with Gasteiger partial charge in [-0.3, -0.25) is 4.79 Å². The summed E-state index contributed by atoms with van der Waals surface area (Å²) in [5.41, 5.74) is 5.53. The van der Waals surface area contributed by atoms with E-state index in [1.165, 1.54) is 0 Å². The second kappa shape index (κ2) is 2.31. The standard InChI is InChI=1S/C7H7NO/c8-7(9)6-4-2-1-3-5-6/h1-5H,(H2,8,9)/i6+1. The molecule has 0 aliphatic rings. The third-order valence-corrected chi connectivity index (χ3v) is 1.06. The summed E-state index contributed by atoms with van der Waals surface area (Å²) < 4.78 is 0. The summed E-state index contributed by atoms with van der Waals surface area (Å²) in [4.78, 5) is 10.4. The van der Waals surface area contributed by atoms with Gasteiger partial charge in [-0.05, 0) is 12.1 Å². The Kier molecular flexibility index (Phi) is 1.49. The number of primary amides is 1. The van der Waals surface area contributed by atoms with Gasteiger partial charge >= 0.3 is 0 Å². The predicted octanol–water partition coefficient (Wildman–Crippen LogP) is 0.786. The molecule has 1 amide bonds. The number of carbonyl (C=O) groups is 1. The molecule has 1 rings (SSSR count). The molecular weight excluding hydrogens is 115 g/mol. The van der Waals surface area contributed by atoms with E-state index in [0.717, 1.165) is 0 Å². The van der Waals surface area contributed by atoms with Gasteiger partial charge in [0.25, 0.3) is 0 Å². The van der Waals surface area contributed by atoms with Crippen LogP contribution in [0.1, 0.15) is 10.4 Å². The molecular formula is C7H7NO. The van der Waals surface area contributed by atoms with Crippen LogP contribution in [-0.4, -0.2) is 5.91 Å². The monoisotopic (exact) mass is 122 g/mol. The second-order valence-corrected chi connectivity index (χ2v) is 1.73. The molecule has 0 saturated carbocycles. The van der Waals surface area contributed by atoms with E-state index in [0.29, 0.717) is 5.56 Å². The second-order valence-electron chi connectivity index (χ2n) is 1.73.